The van der Waals surface area contributed by atoms with Gasteiger partial charge in [-0.1, -0.05) is 32.9 Å². The number of anilines is 3. The van der Waals surface area contributed by atoms with Crippen LogP contribution in [0.25, 0.3) is 10.2 Å². The van der Waals surface area contributed by atoms with Gasteiger partial charge in [-0.15, -0.1) is 11.3 Å². The van der Waals surface area contributed by atoms with Gasteiger partial charge in [-0.05, 0) is 62.8 Å². The quantitative estimate of drug-likeness (QED) is 0.393. The topological polar surface area (TPSA) is 104 Å². The van der Waals surface area contributed by atoms with Crippen LogP contribution < -0.4 is 15.5 Å². The zero-order valence-corrected chi connectivity index (χ0v) is 24.1. The average Bonchev–Trinajstić information content (AvgIpc) is 3.22. The number of hydrogen-bond donors (Lipinski definition) is 2. The van der Waals surface area contributed by atoms with Gasteiger partial charge in [-0.25, -0.2) is 14.6 Å². The van der Waals surface area contributed by atoms with Crippen LogP contribution in [0.2, 0.25) is 0 Å². The lowest BCUT2D eigenvalue weighted by molar-refractivity contribution is 0.0185. The largest absolute Gasteiger partial charge is 0.444 e. The van der Waals surface area contributed by atoms with Crippen molar-refractivity contribution in [1.29, 1.82) is 0 Å². The highest BCUT2D eigenvalue weighted by molar-refractivity contribution is 7.21. The molecule has 206 valence electrons. The third kappa shape index (κ3) is 5.43. The normalized spacial score (nSPS) is 17.7. The molecule has 2 aromatic heterocycles. The van der Waals surface area contributed by atoms with E-state index in [9.17, 15) is 14.4 Å². The summed E-state index contributed by atoms with van der Waals surface area (Å²) in [6.45, 7) is 12.9. The van der Waals surface area contributed by atoms with E-state index in [-0.39, 0.29) is 29.5 Å². The molecule has 0 radical (unpaired) electrons. The fourth-order valence-electron chi connectivity index (χ4n) is 4.95. The molecule has 3 aromatic rings. The molecule has 0 aliphatic carbocycles. The molecule has 2 N–H and O–H groups in total. The number of pyridine rings is 1. The number of piperidine rings is 1. The summed E-state index contributed by atoms with van der Waals surface area (Å²) >= 11 is 1.25. The fourth-order valence-corrected chi connectivity index (χ4v) is 5.97. The number of thiophene rings is 1. The Bertz CT molecular complexity index is 1450. The molecular weight excluding hydrogens is 514 g/mol. The first-order chi connectivity index (χ1) is 18.3. The van der Waals surface area contributed by atoms with E-state index in [1.165, 1.54) is 11.3 Å². The highest BCUT2D eigenvalue weighted by Gasteiger charge is 2.34. The van der Waals surface area contributed by atoms with Gasteiger partial charge in [0.05, 0.1) is 22.4 Å². The Kier molecular flexibility index (Phi) is 6.78. The molecule has 0 unspecified atom stereocenters. The second-order valence-electron chi connectivity index (χ2n) is 12.1. The number of hydrogen-bond acceptors (Lipinski definition) is 6. The Hall–Kier alpha value is -3.66. The van der Waals surface area contributed by atoms with Crippen molar-refractivity contribution < 1.29 is 19.1 Å². The first-order valence-corrected chi connectivity index (χ1v) is 14.1. The van der Waals surface area contributed by atoms with E-state index in [2.05, 4.69) is 42.5 Å². The first kappa shape index (κ1) is 26.9. The molecule has 1 saturated heterocycles. The van der Waals surface area contributed by atoms with E-state index in [0.29, 0.717) is 34.2 Å². The van der Waals surface area contributed by atoms with Gasteiger partial charge in [0, 0.05) is 25.3 Å². The third-order valence-corrected chi connectivity index (χ3v) is 7.93. The van der Waals surface area contributed by atoms with Gasteiger partial charge in [0.25, 0.3) is 5.91 Å². The lowest BCUT2D eigenvalue weighted by Crippen LogP contribution is -2.50. The number of nitrogens with one attached hydrogen (secondary N) is 2. The van der Waals surface area contributed by atoms with Gasteiger partial charge in [-0.2, -0.15) is 0 Å². The third-order valence-electron chi connectivity index (χ3n) is 6.83. The van der Waals surface area contributed by atoms with Crippen LogP contribution in [0.1, 0.15) is 69.6 Å². The van der Waals surface area contributed by atoms with E-state index < -0.39 is 5.60 Å². The number of rotatable bonds is 3. The van der Waals surface area contributed by atoms with Crippen molar-refractivity contribution in [2.24, 2.45) is 0 Å². The predicted molar refractivity (Wildman–Crippen MR) is 154 cm³/mol. The summed E-state index contributed by atoms with van der Waals surface area (Å²) in [5.74, 6) is -0.293. The van der Waals surface area contributed by atoms with Gasteiger partial charge in [0.1, 0.15) is 15.3 Å². The molecular formula is C29H35N5O4S. The highest BCUT2D eigenvalue weighted by Crippen LogP contribution is 2.46. The number of carbonyl (C=O) groups excluding carboxylic acids is 3. The Balaban J connectivity index is 1.42. The van der Waals surface area contributed by atoms with Crippen LogP contribution in [-0.4, -0.2) is 52.6 Å². The van der Waals surface area contributed by atoms with Crippen molar-refractivity contribution in [2.45, 2.75) is 71.4 Å². The van der Waals surface area contributed by atoms with E-state index in [0.717, 1.165) is 29.5 Å². The first-order valence-electron chi connectivity index (χ1n) is 13.2. The van der Waals surface area contributed by atoms with E-state index in [1.807, 2.05) is 45.0 Å². The summed E-state index contributed by atoms with van der Waals surface area (Å²) in [6, 6.07) is 9.20. The van der Waals surface area contributed by atoms with E-state index in [4.69, 9.17) is 4.74 Å². The van der Waals surface area contributed by atoms with Gasteiger partial charge in [0.2, 0.25) is 0 Å². The maximum absolute atomic E-state index is 13.5. The summed E-state index contributed by atoms with van der Waals surface area (Å²) in [5, 5.41) is 6.78. The lowest BCUT2D eigenvalue weighted by atomic mass is 9.87. The molecule has 1 atom stereocenters. The predicted octanol–water partition coefficient (Wildman–Crippen LogP) is 6.41. The summed E-state index contributed by atoms with van der Waals surface area (Å²) in [6.07, 6.45) is 2.79. The van der Waals surface area contributed by atoms with Crippen molar-refractivity contribution in [3.63, 3.8) is 0 Å². The SMILES string of the molecule is CC(C)(C)OC(=O)N1CCC[C@@H](NC(=O)c2sc3nccc4c3c2NC(=O)N4c2cccc(C(C)(C)C)c2)C1. The zero-order chi connectivity index (χ0) is 28.1. The molecule has 1 fully saturated rings. The molecule has 4 heterocycles. The average molecular weight is 550 g/mol. The van der Waals surface area contributed by atoms with Gasteiger partial charge >= 0.3 is 12.1 Å². The maximum atomic E-state index is 13.5. The second-order valence-corrected chi connectivity index (χ2v) is 13.1. The molecule has 0 bridgehead atoms. The van der Waals surface area contributed by atoms with E-state index in [1.54, 1.807) is 16.0 Å². The number of urea groups is 1. The molecule has 0 saturated carbocycles. The Morgan fingerprint density at radius 1 is 1.15 bits per heavy atom. The minimum absolute atomic E-state index is 0.0766. The minimum Gasteiger partial charge on any atom is -0.444 e. The Labute approximate surface area is 232 Å². The summed E-state index contributed by atoms with van der Waals surface area (Å²) in [7, 11) is 0. The number of amides is 4. The van der Waals surface area contributed by atoms with Gasteiger partial charge in [0.15, 0.2) is 0 Å². The second kappa shape index (κ2) is 9.82. The lowest BCUT2D eigenvalue weighted by Gasteiger charge is -2.34. The highest BCUT2D eigenvalue weighted by atomic mass is 32.1. The van der Waals surface area contributed by atoms with Crippen molar-refractivity contribution in [3.05, 3.63) is 47.0 Å². The monoisotopic (exact) mass is 549 g/mol. The molecule has 0 spiro atoms. The van der Waals surface area contributed by atoms with Gasteiger partial charge in [-0.3, -0.25) is 9.69 Å². The smallest absolute Gasteiger partial charge is 0.410 e. The van der Waals surface area contributed by atoms with Crippen molar-refractivity contribution in [1.82, 2.24) is 15.2 Å². The Morgan fingerprint density at radius 3 is 2.64 bits per heavy atom. The van der Waals surface area contributed by atoms with Crippen LogP contribution in [0.4, 0.5) is 26.7 Å². The molecule has 1 aromatic carbocycles. The van der Waals surface area contributed by atoms with Crippen molar-refractivity contribution in [3.8, 4) is 0 Å². The number of aromatic nitrogens is 1. The number of carbonyl (C=O) groups is 3. The van der Waals surface area contributed by atoms with Gasteiger partial charge < -0.3 is 20.3 Å². The fraction of sp³-hybridized carbons (Fsp3) is 0.448. The molecule has 10 heteroatoms. The van der Waals surface area contributed by atoms with Crippen molar-refractivity contribution in [2.75, 3.05) is 23.3 Å². The molecule has 2 aliphatic rings. The van der Waals surface area contributed by atoms with Crippen LogP contribution in [0, 0.1) is 0 Å². The molecule has 5 rings (SSSR count). The summed E-state index contributed by atoms with van der Waals surface area (Å²) in [5.41, 5.74) is 2.37. The minimum atomic E-state index is -0.585. The molecule has 2 aliphatic heterocycles. The summed E-state index contributed by atoms with van der Waals surface area (Å²) < 4.78 is 5.51. The number of benzene rings is 1. The maximum Gasteiger partial charge on any atom is 0.410 e. The van der Waals surface area contributed by atoms with Crippen LogP contribution in [0.5, 0.6) is 0 Å². The standard InChI is InChI=1S/C29H35N5O4S/c1-28(2,3)17-9-7-11-19(15-17)34-20-12-13-30-25-21(20)22(32-26(34)36)23(39-25)24(35)31-18-10-8-14-33(16-18)27(37)38-29(4,5)6/h7,9,11-13,15,18H,8,10,14,16H2,1-6H3,(H,31,35)(H,32,36)/t18-/m1/s1. The number of ether oxygens (including phenoxy) is 1. The van der Waals surface area contributed by atoms with Crippen LogP contribution in [0.15, 0.2) is 36.5 Å². The van der Waals surface area contributed by atoms with E-state index >= 15 is 0 Å². The zero-order valence-electron chi connectivity index (χ0n) is 23.3. The van der Waals surface area contributed by atoms with Crippen LogP contribution >= 0.6 is 11.3 Å². The molecule has 4 amide bonds. The summed E-state index contributed by atoms with van der Waals surface area (Å²) in [4.78, 5) is 48.4. The van der Waals surface area contributed by atoms with Crippen LogP contribution in [-0.2, 0) is 10.2 Å². The van der Waals surface area contributed by atoms with Crippen LogP contribution in [0.3, 0.4) is 0 Å². The Morgan fingerprint density at radius 2 is 1.92 bits per heavy atom. The number of likely N-dealkylation sites (tertiary alicyclic amines) is 1. The number of nitrogens with zero attached hydrogens (tertiary/aromatic N) is 3. The molecule has 9 nitrogen and oxygen atoms in total. The molecule has 39 heavy (non-hydrogen) atoms. The van der Waals surface area contributed by atoms with Crippen molar-refractivity contribution >= 4 is 56.6 Å².